The summed E-state index contributed by atoms with van der Waals surface area (Å²) < 4.78 is 17.5. The maximum atomic E-state index is 13.3. The van der Waals surface area contributed by atoms with Gasteiger partial charge in [0.05, 0.1) is 23.7 Å². The van der Waals surface area contributed by atoms with Crippen LogP contribution < -0.4 is 0 Å². The third-order valence-electron chi connectivity index (χ3n) is 11.7. The minimum atomic E-state index is -0.709. The number of allylic oxidation sites excluding steroid dienone is 1. The van der Waals surface area contributed by atoms with E-state index in [-0.39, 0.29) is 41.2 Å². The Balaban J connectivity index is 1.25. The number of carbonyl (C=O) groups is 2. The predicted molar refractivity (Wildman–Crippen MR) is 129 cm³/mol. The lowest BCUT2D eigenvalue weighted by molar-refractivity contribution is -0.155. The largest absolute Gasteiger partial charge is 0.458 e. The number of cyclic esters (lactones) is 1. The fourth-order valence-electron chi connectivity index (χ4n) is 9.82. The number of rotatable bonds is 4. The highest BCUT2D eigenvalue weighted by molar-refractivity contribution is 5.98. The number of hydrogen-bond donors (Lipinski definition) is 1. The van der Waals surface area contributed by atoms with Crippen LogP contribution in [0.3, 0.4) is 0 Å². The molecular formula is C29H40O6. The molecule has 6 nitrogen and oxygen atoms in total. The van der Waals surface area contributed by atoms with E-state index >= 15 is 0 Å². The Morgan fingerprint density at radius 3 is 2.69 bits per heavy atom. The van der Waals surface area contributed by atoms with Crippen molar-refractivity contribution in [2.75, 3.05) is 13.7 Å². The first kappa shape index (κ1) is 23.9. The van der Waals surface area contributed by atoms with Crippen LogP contribution in [-0.2, 0) is 23.8 Å². The van der Waals surface area contributed by atoms with Crippen LogP contribution in [0.5, 0.6) is 0 Å². The highest BCUT2D eigenvalue weighted by atomic mass is 16.6. The molecule has 0 radical (unpaired) electrons. The molecule has 0 aromatic carbocycles. The van der Waals surface area contributed by atoms with Gasteiger partial charge in [0.1, 0.15) is 17.8 Å². The van der Waals surface area contributed by atoms with E-state index in [1.165, 1.54) is 0 Å². The Morgan fingerprint density at radius 1 is 1.20 bits per heavy atom. The van der Waals surface area contributed by atoms with Crippen molar-refractivity contribution < 1.29 is 28.9 Å². The van der Waals surface area contributed by atoms with Gasteiger partial charge in [0, 0.05) is 13.5 Å². The number of ether oxygens (including phenoxy) is 3. The number of ketones is 1. The molecule has 6 rings (SSSR count). The summed E-state index contributed by atoms with van der Waals surface area (Å²) >= 11 is 0. The van der Waals surface area contributed by atoms with Crippen LogP contribution in [0.1, 0.15) is 66.2 Å². The first-order chi connectivity index (χ1) is 16.6. The zero-order valence-corrected chi connectivity index (χ0v) is 21.7. The maximum absolute atomic E-state index is 13.3. The van der Waals surface area contributed by atoms with Crippen molar-refractivity contribution >= 4 is 11.8 Å². The van der Waals surface area contributed by atoms with Crippen molar-refractivity contribution in [2.45, 2.75) is 90.1 Å². The van der Waals surface area contributed by atoms with Gasteiger partial charge in [0.25, 0.3) is 0 Å². The minimum Gasteiger partial charge on any atom is -0.458 e. The van der Waals surface area contributed by atoms with E-state index in [1.807, 2.05) is 6.92 Å². The van der Waals surface area contributed by atoms with E-state index in [1.54, 1.807) is 19.3 Å². The molecule has 6 heteroatoms. The van der Waals surface area contributed by atoms with Crippen molar-refractivity contribution in [1.82, 2.24) is 0 Å². The number of aliphatic hydroxyl groups excluding tert-OH is 1. The van der Waals surface area contributed by atoms with Crippen molar-refractivity contribution in [1.29, 1.82) is 0 Å². The predicted octanol–water partition coefficient (Wildman–Crippen LogP) is 4.01. The van der Waals surface area contributed by atoms with E-state index in [9.17, 15) is 14.7 Å². The average molecular weight is 485 g/mol. The molecule has 4 aliphatic carbocycles. The second-order valence-corrected chi connectivity index (χ2v) is 12.8. The van der Waals surface area contributed by atoms with Crippen LogP contribution in [-0.4, -0.2) is 54.5 Å². The molecule has 2 heterocycles. The quantitative estimate of drug-likeness (QED) is 0.479. The summed E-state index contributed by atoms with van der Waals surface area (Å²) in [6.45, 7) is 9.16. The van der Waals surface area contributed by atoms with Gasteiger partial charge in [-0.3, -0.25) is 4.79 Å². The lowest BCUT2D eigenvalue weighted by Crippen LogP contribution is -2.63. The van der Waals surface area contributed by atoms with Crippen LogP contribution in [0.2, 0.25) is 0 Å². The highest BCUT2D eigenvalue weighted by Gasteiger charge is 2.80. The minimum absolute atomic E-state index is 0.0252. The third-order valence-corrected chi connectivity index (χ3v) is 11.7. The zero-order chi connectivity index (χ0) is 24.9. The second-order valence-electron chi connectivity index (χ2n) is 12.8. The molecule has 1 N–H and O–H groups in total. The summed E-state index contributed by atoms with van der Waals surface area (Å²) in [7, 11) is 1.61. The summed E-state index contributed by atoms with van der Waals surface area (Å²) in [5.74, 6) is 1.88. The van der Waals surface area contributed by atoms with Gasteiger partial charge in [0.2, 0.25) is 0 Å². The summed E-state index contributed by atoms with van der Waals surface area (Å²) in [4.78, 5) is 26.0. The fourth-order valence-corrected chi connectivity index (χ4v) is 9.82. The zero-order valence-electron chi connectivity index (χ0n) is 21.7. The van der Waals surface area contributed by atoms with E-state index in [4.69, 9.17) is 14.2 Å². The molecule has 0 unspecified atom stereocenters. The van der Waals surface area contributed by atoms with E-state index in [2.05, 4.69) is 20.8 Å². The number of aliphatic hydroxyl groups is 1. The number of methoxy groups -OCH3 is 1. The maximum Gasteiger partial charge on any atom is 0.336 e. The number of carbonyl (C=O) groups excluding carboxylic acids is 2. The first-order valence-corrected chi connectivity index (χ1v) is 13.6. The standard InChI is InChI=1S/C29H40O6/c1-15-12-22(34-26(32)18(15)14-33-5)16(2)19-6-7-20-17-13-25-29(35-25)24(31)9-8-23(30)28(29,4)21(17)10-11-27(19,20)3/h8-9,16-17,19-22,24-25,31H,6-7,10-14H2,1-5H3/t16-,17-,19+,20-,21-,22+,24-,25+,27+,28-,29+/m0/s1. The Morgan fingerprint density at radius 2 is 1.97 bits per heavy atom. The van der Waals surface area contributed by atoms with Gasteiger partial charge in [-0.15, -0.1) is 0 Å². The van der Waals surface area contributed by atoms with Crippen molar-refractivity contribution in [3.05, 3.63) is 23.3 Å². The second kappa shape index (κ2) is 7.75. The SMILES string of the molecule is COCC1=C(C)C[C@H]([C@@H](C)[C@H]2CC[C@H]3[C@@H]4C[C@H]5O[C@]56[C@@H](O)C=CC(=O)[C@]6(C)[C@H]4CC[C@]23C)OC1=O. The summed E-state index contributed by atoms with van der Waals surface area (Å²) in [6, 6.07) is 0. The molecule has 0 amide bonds. The Labute approximate surface area is 208 Å². The lowest BCUT2D eigenvalue weighted by Gasteiger charge is -2.58. The van der Waals surface area contributed by atoms with E-state index in [0.29, 0.717) is 29.9 Å². The van der Waals surface area contributed by atoms with Crippen molar-refractivity contribution in [3.63, 3.8) is 0 Å². The molecule has 0 aromatic rings. The molecule has 35 heavy (non-hydrogen) atoms. The Kier molecular flexibility index (Phi) is 5.29. The van der Waals surface area contributed by atoms with Gasteiger partial charge in [0.15, 0.2) is 5.78 Å². The van der Waals surface area contributed by atoms with Crippen LogP contribution >= 0.6 is 0 Å². The van der Waals surface area contributed by atoms with E-state index < -0.39 is 17.1 Å². The van der Waals surface area contributed by atoms with Gasteiger partial charge in [-0.1, -0.05) is 19.4 Å². The Hall–Kier alpha value is -1.50. The normalized spacial score (nSPS) is 51.2. The van der Waals surface area contributed by atoms with Crippen LogP contribution in [0.25, 0.3) is 0 Å². The van der Waals surface area contributed by atoms with Gasteiger partial charge in [-0.2, -0.15) is 0 Å². The number of fused-ring (bicyclic) bond motifs is 4. The topological polar surface area (TPSA) is 85.4 Å². The summed E-state index contributed by atoms with van der Waals surface area (Å²) in [6.07, 6.45) is 8.51. The van der Waals surface area contributed by atoms with Crippen LogP contribution in [0.15, 0.2) is 23.3 Å². The number of hydrogen-bond acceptors (Lipinski definition) is 6. The summed E-state index contributed by atoms with van der Waals surface area (Å²) in [5.41, 5.74) is 0.573. The lowest BCUT2D eigenvalue weighted by atomic mass is 9.44. The van der Waals surface area contributed by atoms with Gasteiger partial charge >= 0.3 is 5.97 Å². The monoisotopic (exact) mass is 484 g/mol. The fraction of sp³-hybridized carbons (Fsp3) is 0.793. The van der Waals surface area contributed by atoms with Gasteiger partial charge in [-0.25, -0.2) is 4.79 Å². The number of epoxide rings is 1. The van der Waals surface area contributed by atoms with Gasteiger partial charge < -0.3 is 19.3 Å². The number of esters is 1. The van der Waals surface area contributed by atoms with E-state index in [0.717, 1.165) is 44.1 Å². The molecule has 0 bridgehead atoms. The molecule has 3 saturated carbocycles. The van der Waals surface area contributed by atoms with Crippen molar-refractivity contribution in [3.8, 4) is 0 Å². The molecule has 11 atom stereocenters. The Bertz CT molecular complexity index is 1010. The summed E-state index contributed by atoms with van der Waals surface area (Å²) in [5, 5.41) is 10.9. The van der Waals surface area contributed by atoms with Crippen molar-refractivity contribution in [2.24, 2.45) is 40.4 Å². The molecule has 2 aliphatic heterocycles. The average Bonchev–Trinajstić information content (AvgIpc) is 3.45. The highest BCUT2D eigenvalue weighted by Crippen LogP contribution is 2.73. The molecule has 1 spiro atoms. The molecule has 1 saturated heterocycles. The molecule has 0 aromatic heterocycles. The first-order valence-electron chi connectivity index (χ1n) is 13.6. The molecular weight excluding hydrogens is 444 g/mol. The molecule has 6 aliphatic rings. The smallest absolute Gasteiger partial charge is 0.336 e. The van der Waals surface area contributed by atoms with Crippen LogP contribution in [0.4, 0.5) is 0 Å². The molecule has 4 fully saturated rings. The van der Waals surface area contributed by atoms with Gasteiger partial charge in [-0.05, 0) is 93.1 Å². The molecule has 192 valence electrons. The van der Waals surface area contributed by atoms with Crippen LogP contribution in [0, 0.1) is 40.4 Å². The third kappa shape index (κ3) is 2.93.